The molecule has 5 heteroatoms. The molecular weight excluding hydrogens is 258 g/mol. The highest BCUT2D eigenvalue weighted by molar-refractivity contribution is 7.13. The van der Waals surface area contributed by atoms with E-state index < -0.39 is 0 Å². The SMILES string of the molecule is CCn1nc(C(=O)N(C)C(C)C)cc1-c1cccs1. The van der Waals surface area contributed by atoms with E-state index in [1.807, 2.05) is 56.1 Å². The van der Waals surface area contributed by atoms with Gasteiger partial charge in [0.05, 0.1) is 10.6 Å². The van der Waals surface area contributed by atoms with E-state index in [4.69, 9.17) is 0 Å². The van der Waals surface area contributed by atoms with Crippen molar-refractivity contribution in [1.29, 1.82) is 0 Å². The first-order valence-electron chi connectivity index (χ1n) is 6.43. The first-order valence-corrected chi connectivity index (χ1v) is 7.31. The quantitative estimate of drug-likeness (QED) is 0.861. The number of hydrogen-bond acceptors (Lipinski definition) is 3. The molecule has 0 N–H and O–H groups in total. The van der Waals surface area contributed by atoms with Gasteiger partial charge in [0, 0.05) is 19.6 Å². The lowest BCUT2D eigenvalue weighted by atomic mass is 10.2. The predicted octanol–water partition coefficient (Wildman–Crippen LogP) is 3.11. The van der Waals surface area contributed by atoms with Crippen LogP contribution in [0.5, 0.6) is 0 Å². The molecule has 2 rings (SSSR count). The van der Waals surface area contributed by atoms with E-state index in [1.165, 1.54) is 0 Å². The summed E-state index contributed by atoms with van der Waals surface area (Å²) >= 11 is 1.66. The van der Waals surface area contributed by atoms with E-state index in [9.17, 15) is 4.79 Å². The topological polar surface area (TPSA) is 38.1 Å². The lowest BCUT2D eigenvalue weighted by Crippen LogP contribution is -2.33. The molecule has 0 radical (unpaired) electrons. The zero-order valence-corrected chi connectivity index (χ0v) is 12.6. The smallest absolute Gasteiger partial charge is 0.274 e. The third-order valence-electron chi connectivity index (χ3n) is 3.17. The van der Waals surface area contributed by atoms with Crippen molar-refractivity contribution in [3.63, 3.8) is 0 Å². The molecule has 0 aromatic carbocycles. The van der Waals surface area contributed by atoms with Crippen LogP contribution in [0.1, 0.15) is 31.3 Å². The van der Waals surface area contributed by atoms with E-state index >= 15 is 0 Å². The first kappa shape index (κ1) is 13.8. The van der Waals surface area contributed by atoms with Gasteiger partial charge in [-0.05, 0) is 38.3 Å². The Kier molecular flexibility index (Phi) is 4.04. The number of hydrogen-bond donors (Lipinski definition) is 0. The summed E-state index contributed by atoms with van der Waals surface area (Å²) in [6, 6.07) is 6.11. The highest BCUT2D eigenvalue weighted by Gasteiger charge is 2.20. The summed E-state index contributed by atoms with van der Waals surface area (Å²) < 4.78 is 1.88. The number of rotatable bonds is 4. The van der Waals surface area contributed by atoms with Gasteiger partial charge in [0.2, 0.25) is 0 Å². The summed E-state index contributed by atoms with van der Waals surface area (Å²) in [4.78, 5) is 15.1. The van der Waals surface area contributed by atoms with Crippen LogP contribution < -0.4 is 0 Å². The van der Waals surface area contributed by atoms with Gasteiger partial charge in [-0.3, -0.25) is 9.48 Å². The van der Waals surface area contributed by atoms with Crippen LogP contribution in [0.2, 0.25) is 0 Å². The number of thiophene rings is 1. The number of amides is 1. The fraction of sp³-hybridized carbons (Fsp3) is 0.429. The number of carbonyl (C=O) groups excluding carboxylic acids is 1. The van der Waals surface area contributed by atoms with Crippen molar-refractivity contribution >= 4 is 17.2 Å². The van der Waals surface area contributed by atoms with Crippen molar-refractivity contribution in [1.82, 2.24) is 14.7 Å². The second-order valence-electron chi connectivity index (χ2n) is 4.72. The highest BCUT2D eigenvalue weighted by Crippen LogP contribution is 2.26. The molecule has 0 atom stereocenters. The largest absolute Gasteiger partial charge is 0.338 e. The van der Waals surface area contributed by atoms with Crippen LogP contribution in [0.3, 0.4) is 0 Å². The molecule has 2 aromatic heterocycles. The molecule has 0 saturated carbocycles. The fourth-order valence-electron chi connectivity index (χ4n) is 1.80. The predicted molar refractivity (Wildman–Crippen MR) is 78.4 cm³/mol. The third-order valence-corrected chi connectivity index (χ3v) is 4.06. The normalized spacial score (nSPS) is 11.0. The number of aromatic nitrogens is 2. The molecular formula is C14H19N3OS. The maximum absolute atomic E-state index is 12.3. The highest BCUT2D eigenvalue weighted by atomic mass is 32.1. The summed E-state index contributed by atoms with van der Waals surface area (Å²) in [5.74, 6) is -0.0278. The lowest BCUT2D eigenvalue weighted by Gasteiger charge is -2.19. The molecule has 1 amide bonds. The number of carbonyl (C=O) groups is 1. The van der Waals surface area contributed by atoms with Gasteiger partial charge in [0.1, 0.15) is 0 Å². The van der Waals surface area contributed by atoms with E-state index in [0.29, 0.717) is 5.69 Å². The van der Waals surface area contributed by atoms with Crippen molar-refractivity contribution in [3.05, 3.63) is 29.3 Å². The zero-order valence-electron chi connectivity index (χ0n) is 11.8. The monoisotopic (exact) mass is 277 g/mol. The van der Waals surface area contributed by atoms with Crippen molar-refractivity contribution in [2.24, 2.45) is 0 Å². The van der Waals surface area contributed by atoms with Crippen molar-refractivity contribution in [2.45, 2.75) is 33.4 Å². The van der Waals surface area contributed by atoms with Crippen LogP contribution in [-0.2, 0) is 6.54 Å². The van der Waals surface area contributed by atoms with Gasteiger partial charge in [-0.15, -0.1) is 11.3 Å². The van der Waals surface area contributed by atoms with Gasteiger partial charge in [-0.2, -0.15) is 5.10 Å². The standard InChI is InChI=1S/C14H19N3OS/c1-5-17-12(13-7-6-8-19-13)9-11(15-17)14(18)16(4)10(2)3/h6-10H,5H2,1-4H3. The number of nitrogens with zero attached hydrogens (tertiary/aromatic N) is 3. The summed E-state index contributed by atoms with van der Waals surface area (Å²) in [5.41, 5.74) is 1.53. The molecule has 0 saturated heterocycles. The minimum absolute atomic E-state index is 0.0278. The van der Waals surface area contributed by atoms with Gasteiger partial charge in [-0.1, -0.05) is 6.07 Å². The molecule has 0 spiro atoms. The summed E-state index contributed by atoms with van der Waals surface area (Å²) in [6.07, 6.45) is 0. The van der Waals surface area contributed by atoms with Gasteiger partial charge < -0.3 is 4.90 Å². The van der Waals surface area contributed by atoms with Crippen LogP contribution in [0.15, 0.2) is 23.6 Å². The minimum Gasteiger partial charge on any atom is -0.338 e. The molecule has 0 bridgehead atoms. The van der Waals surface area contributed by atoms with Crippen LogP contribution in [0.25, 0.3) is 10.6 Å². The van der Waals surface area contributed by atoms with Gasteiger partial charge in [0.15, 0.2) is 5.69 Å². The second-order valence-corrected chi connectivity index (χ2v) is 5.67. The van der Waals surface area contributed by atoms with E-state index in [0.717, 1.165) is 17.1 Å². The van der Waals surface area contributed by atoms with Crippen LogP contribution in [0.4, 0.5) is 0 Å². The molecule has 0 aliphatic heterocycles. The second kappa shape index (κ2) is 5.57. The lowest BCUT2D eigenvalue weighted by molar-refractivity contribution is 0.0748. The average molecular weight is 277 g/mol. The van der Waals surface area contributed by atoms with Gasteiger partial charge >= 0.3 is 0 Å². The Morgan fingerprint density at radius 3 is 2.79 bits per heavy atom. The zero-order chi connectivity index (χ0) is 14.0. The molecule has 0 unspecified atom stereocenters. The maximum atomic E-state index is 12.3. The van der Waals surface area contributed by atoms with Gasteiger partial charge in [0.25, 0.3) is 5.91 Å². The molecule has 0 fully saturated rings. The van der Waals surface area contributed by atoms with Crippen molar-refractivity contribution in [3.8, 4) is 10.6 Å². The van der Waals surface area contributed by atoms with Crippen LogP contribution in [0, 0.1) is 0 Å². The molecule has 2 heterocycles. The summed E-state index contributed by atoms with van der Waals surface area (Å²) in [5, 5.41) is 6.45. The molecule has 102 valence electrons. The van der Waals surface area contributed by atoms with E-state index in [2.05, 4.69) is 5.10 Å². The number of aryl methyl sites for hydroxylation is 1. The average Bonchev–Trinajstić information content (AvgIpc) is 3.04. The van der Waals surface area contributed by atoms with Crippen molar-refractivity contribution in [2.75, 3.05) is 7.05 Å². The first-order chi connectivity index (χ1) is 9.04. The van der Waals surface area contributed by atoms with Crippen molar-refractivity contribution < 1.29 is 4.79 Å². The Labute approximate surface area is 117 Å². The fourth-order valence-corrected chi connectivity index (χ4v) is 2.55. The van der Waals surface area contributed by atoms with Crippen LogP contribution >= 0.6 is 11.3 Å². The summed E-state index contributed by atoms with van der Waals surface area (Å²) in [6.45, 7) is 6.78. The molecule has 2 aromatic rings. The Morgan fingerprint density at radius 2 is 2.26 bits per heavy atom. The Morgan fingerprint density at radius 1 is 1.53 bits per heavy atom. The van der Waals surface area contributed by atoms with Crippen LogP contribution in [-0.4, -0.2) is 33.7 Å². The van der Waals surface area contributed by atoms with E-state index in [1.54, 1.807) is 16.2 Å². The molecule has 4 nitrogen and oxygen atoms in total. The third kappa shape index (κ3) is 2.71. The Bertz CT molecular complexity index is 557. The summed E-state index contributed by atoms with van der Waals surface area (Å²) in [7, 11) is 1.81. The minimum atomic E-state index is -0.0278. The Hall–Kier alpha value is -1.62. The Balaban J connectivity index is 2.37. The molecule has 0 aliphatic carbocycles. The van der Waals surface area contributed by atoms with E-state index in [-0.39, 0.29) is 11.9 Å². The molecule has 0 aliphatic rings. The molecule has 19 heavy (non-hydrogen) atoms. The van der Waals surface area contributed by atoms with Gasteiger partial charge in [-0.25, -0.2) is 0 Å². The maximum Gasteiger partial charge on any atom is 0.274 e.